The van der Waals surface area contributed by atoms with Crippen LogP contribution in [0.4, 0.5) is 24.5 Å². The van der Waals surface area contributed by atoms with E-state index in [4.69, 9.17) is 5.11 Å². The fraction of sp³-hybridized carbons (Fsp3) is 0.125. The van der Waals surface area contributed by atoms with Crippen molar-refractivity contribution >= 4 is 45.0 Å². The Morgan fingerprint density at radius 2 is 1.68 bits per heavy atom. The Bertz CT molecular complexity index is 1010. The number of sulfonamides is 1. The number of halogens is 3. The molecule has 2 aromatic carbocycles. The third-order valence-electron chi connectivity index (χ3n) is 3.37. The van der Waals surface area contributed by atoms with Crippen LogP contribution in [-0.4, -0.2) is 37.8 Å². The zero-order chi connectivity index (χ0) is 21.1. The predicted octanol–water partition coefficient (Wildman–Crippen LogP) is 3.41. The van der Waals surface area contributed by atoms with Crippen molar-refractivity contribution in [2.24, 2.45) is 0 Å². The number of anilines is 2. The molecule has 28 heavy (non-hydrogen) atoms. The van der Waals surface area contributed by atoms with Crippen LogP contribution in [0, 0.1) is 0 Å². The van der Waals surface area contributed by atoms with Crippen molar-refractivity contribution in [1.82, 2.24) is 0 Å². The number of aromatic carboxylic acids is 1. The van der Waals surface area contributed by atoms with Crippen LogP contribution >= 0.6 is 11.8 Å². The molecule has 0 heterocycles. The number of amides is 1. The fourth-order valence-corrected chi connectivity index (χ4v) is 3.76. The molecule has 2 rings (SSSR count). The van der Waals surface area contributed by atoms with Crippen LogP contribution in [0.1, 0.15) is 10.4 Å². The van der Waals surface area contributed by atoms with Gasteiger partial charge in [0, 0.05) is 10.6 Å². The Balaban J connectivity index is 2.24. The van der Waals surface area contributed by atoms with Crippen molar-refractivity contribution in [3.63, 3.8) is 0 Å². The number of carbonyl (C=O) groups is 2. The van der Waals surface area contributed by atoms with Crippen molar-refractivity contribution in [2.75, 3.05) is 16.3 Å². The number of alkyl halides is 3. The molecule has 0 saturated heterocycles. The smallest absolute Gasteiger partial charge is 0.471 e. The Kier molecular flexibility index (Phi) is 6.24. The van der Waals surface area contributed by atoms with E-state index in [1.165, 1.54) is 18.2 Å². The average Bonchev–Trinajstić information content (AvgIpc) is 2.61. The Hall–Kier alpha value is -2.73. The lowest BCUT2D eigenvalue weighted by molar-refractivity contribution is -0.167. The highest BCUT2D eigenvalue weighted by Crippen LogP contribution is 2.29. The van der Waals surface area contributed by atoms with Gasteiger partial charge in [0.15, 0.2) is 0 Å². The van der Waals surface area contributed by atoms with Gasteiger partial charge in [-0.2, -0.15) is 13.2 Å². The van der Waals surface area contributed by atoms with Crippen molar-refractivity contribution in [1.29, 1.82) is 0 Å². The Morgan fingerprint density at radius 1 is 1.07 bits per heavy atom. The summed E-state index contributed by atoms with van der Waals surface area (Å²) in [4.78, 5) is 22.0. The quantitative estimate of drug-likeness (QED) is 0.601. The van der Waals surface area contributed by atoms with Gasteiger partial charge in [-0.25, -0.2) is 13.2 Å². The van der Waals surface area contributed by atoms with Crippen molar-refractivity contribution in [3.8, 4) is 0 Å². The molecule has 0 fully saturated rings. The number of nitrogens with one attached hydrogen (secondary N) is 2. The second-order valence-corrected chi connectivity index (χ2v) is 7.83. The molecule has 0 spiro atoms. The third-order valence-corrected chi connectivity index (χ3v) is 5.53. The second kappa shape index (κ2) is 8.10. The van der Waals surface area contributed by atoms with Crippen LogP contribution in [0.25, 0.3) is 0 Å². The molecule has 0 aliphatic heterocycles. The van der Waals surface area contributed by atoms with Crippen LogP contribution in [0.3, 0.4) is 0 Å². The SMILES string of the molecule is CSc1cc(C(=O)O)ccc1NS(=O)(=O)c1ccc(NC(=O)C(F)(F)F)cc1. The summed E-state index contributed by atoms with van der Waals surface area (Å²) >= 11 is 1.13. The molecule has 12 heteroatoms. The first kappa shape index (κ1) is 21.6. The summed E-state index contributed by atoms with van der Waals surface area (Å²) < 4.78 is 64.0. The summed E-state index contributed by atoms with van der Waals surface area (Å²) in [6, 6.07) is 7.92. The highest BCUT2D eigenvalue weighted by Gasteiger charge is 2.38. The normalized spacial score (nSPS) is 11.7. The molecular formula is C16H13F3N2O5S2. The zero-order valence-electron chi connectivity index (χ0n) is 14.1. The van der Waals surface area contributed by atoms with Crippen LogP contribution in [-0.2, 0) is 14.8 Å². The van der Waals surface area contributed by atoms with E-state index < -0.39 is 28.1 Å². The summed E-state index contributed by atoms with van der Waals surface area (Å²) in [5.74, 6) is -3.34. The van der Waals surface area contributed by atoms with Crippen LogP contribution in [0.5, 0.6) is 0 Å². The van der Waals surface area contributed by atoms with Gasteiger partial charge >= 0.3 is 18.1 Å². The number of carboxylic acid groups (broad SMARTS) is 1. The van der Waals surface area contributed by atoms with E-state index in [9.17, 15) is 31.2 Å². The minimum absolute atomic E-state index is 0.0166. The maximum absolute atomic E-state index is 12.5. The molecule has 0 radical (unpaired) electrons. The standard InChI is InChI=1S/C16H13F3N2O5S2/c1-27-13-8-9(14(22)23)2-7-12(13)21-28(25,26)11-5-3-10(4-6-11)20-15(24)16(17,18)19/h2-8,21H,1H3,(H,20,24)(H,22,23). The number of carbonyl (C=O) groups excluding carboxylic acids is 1. The van der Waals surface area contributed by atoms with Gasteiger partial charge in [-0.05, 0) is 48.7 Å². The number of hydrogen-bond donors (Lipinski definition) is 3. The summed E-state index contributed by atoms with van der Waals surface area (Å²) in [5, 5.41) is 10.6. The lowest BCUT2D eigenvalue weighted by atomic mass is 10.2. The summed E-state index contributed by atoms with van der Waals surface area (Å²) in [7, 11) is -4.10. The molecule has 0 unspecified atom stereocenters. The van der Waals surface area contributed by atoms with Crippen molar-refractivity contribution in [3.05, 3.63) is 48.0 Å². The molecular weight excluding hydrogens is 421 g/mol. The lowest BCUT2D eigenvalue weighted by Crippen LogP contribution is -2.29. The second-order valence-electron chi connectivity index (χ2n) is 5.30. The minimum atomic E-state index is -5.07. The molecule has 0 aliphatic carbocycles. The lowest BCUT2D eigenvalue weighted by Gasteiger charge is -2.13. The van der Waals surface area contributed by atoms with Gasteiger partial charge in [0.25, 0.3) is 10.0 Å². The van der Waals surface area contributed by atoms with E-state index in [1.54, 1.807) is 11.6 Å². The van der Waals surface area contributed by atoms with Gasteiger partial charge in [0.2, 0.25) is 0 Å². The van der Waals surface area contributed by atoms with Gasteiger partial charge in [0.1, 0.15) is 0 Å². The van der Waals surface area contributed by atoms with Crippen molar-refractivity contribution < 1.29 is 36.3 Å². The van der Waals surface area contributed by atoms with Gasteiger partial charge < -0.3 is 10.4 Å². The molecule has 7 nitrogen and oxygen atoms in total. The molecule has 0 bridgehead atoms. The molecule has 0 atom stereocenters. The predicted molar refractivity (Wildman–Crippen MR) is 97.1 cm³/mol. The number of carboxylic acids is 1. The average molecular weight is 434 g/mol. The minimum Gasteiger partial charge on any atom is -0.478 e. The maximum atomic E-state index is 12.5. The molecule has 0 saturated carbocycles. The number of hydrogen-bond acceptors (Lipinski definition) is 5. The van der Waals surface area contributed by atoms with E-state index in [2.05, 4.69) is 4.72 Å². The largest absolute Gasteiger partial charge is 0.478 e. The highest BCUT2D eigenvalue weighted by atomic mass is 32.2. The number of thioether (sulfide) groups is 1. The first-order chi connectivity index (χ1) is 12.9. The molecule has 0 aromatic heterocycles. The van der Waals surface area contributed by atoms with Gasteiger partial charge in [-0.3, -0.25) is 9.52 Å². The number of benzene rings is 2. The molecule has 2 aromatic rings. The van der Waals surface area contributed by atoms with Crippen LogP contribution in [0.15, 0.2) is 52.3 Å². The van der Waals surface area contributed by atoms with E-state index in [-0.39, 0.29) is 21.8 Å². The molecule has 0 aliphatic rings. The molecule has 3 N–H and O–H groups in total. The van der Waals surface area contributed by atoms with E-state index in [0.717, 1.165) is 36.0 Å². The maximum Gasteiger partial charge on any atom is 0.471 e. The first-order valence-corrected chi connectivity index (χ1v) is 10.1. The molecule has 1 amide bonds. The zero-order valence-corrected chi connectivity index (χ0v) is 15.7. The summed E-state index contributed by atoms with van der Waals surface area (Å²) in [6.07, 6.45) is -3.43. The van der Waals surface area contributed by atoms with E-state index >= 15 is 0 Å². The third kappa shape index (κ3) is 5.16. The molecule has 150 valence electrons. The van der Waals surface area contributed by atoms with Crippen molar-refractivity contribution in [2.45, 2.75) is 16.0 Å². The fourth-order valence-electron chi connectivity index (χ4n) is 2.03. The monoisotopic (exact) mass is 434 g/mol. The summed E-state index contributed by atoms with van der Waals surface area (Å²) in [5.41, 5.74) is -0.0964. The van der Waals surface area contributed by atoms with E-state index in [1.807, 2.05) is 0 Å². The highest BCUT2D eigenvalue weighted by molar-refractivity contribution is 7.99. The Labute approximate surface area is 162 Å². The van der Waals surface area contributed by atoms with Gasteiger partial charge in [-0.1, -0.05) is 0 Å². The first-order valence-electron chi connectivity index (χ1n) is 7.36. The van der Waals surface area contributed by atoms with E-state index in [0.29, 0.717) is 4.90 Å². The topological polar surface area (TPSA) is 113 Å². The Morgan fingerprint density at radius 3 is 2.18 bits per heavy atom. The van der Waals surface area contributed by atoms with Gasteiger partial charge in [-0.15, -0.1) is 11.8 Å². The van der Waals surface area contributed by atoms with Gasteiger partial charge in [0.05, 0.1) is 16.1 Å². The van der Waals surface area contributed by atoms with Crippen LogP contribution in [0.2, 0.25) is 0 Å². The summed E-state index contributed by atoms with van der Waals surface area (Å²) in [6.45, 7) is 0. The van der Waals surface area contributed by atoms with Crippen LogP contribution < -0.4 is 10.0 Å². The number of rotatable bonds is 6.